The third-order valence-electron chi connectivity index (χ3n) is 2.67. The van der Waals surface area contributed by atoms with Crippen LogP contribution in [0.3, 0.4) is 0 Å². The summed E-state index contributed by atoms with van der Waals surface area (Å²) in [5.74, 6) is -0.653. The first-order chi connectivity index (χ1) is 9.96. The Bertz CT molecular complexity index is 609. The number of hydrogen-bond donors (Lipinski definition) is 2. The minimum atomic E-state index is -0.344. The Hall–Kier alpha value is -2.69. The first-order valence-corrected chi connectivity index (χ1v) is 6.32. The second-order valence-electron chi connectivity index (χ2n) is 4.43. The first kappa shape index (κ1) is 16.4. The molecular weight excluding hydrogens is 268 g/mol. The van der Waals surface area contributed by atoms with Crippen molar-refractivity contribution in [3.8, 4) is 0 Å². The summed E-state index contributed by atoms with van der Waals surface area (Å²) >= 11 is 0. The van der Waals surface area contributed by atoms with Gasteiger partial charge in [-0.1, -0.05) is 24.3 Å². The highest BCUT2D eigenvalue weighted by molar-refractivity contribution is 6.08. The van der Waals surface area contributed by atoms with E-state index in [2.05, 4.69) is 16.6 Å². The summed E-state index contributed by atoms with van der Waals surface area (Å²) in [6.45, 7) is 5.14. The Morgan fingerprint density at radius 3 is 2.81 bits per heavy atom. The van der Waals surface area contributed by atoms with Crippen LogP contribution in [0.5, 0.6) is 0 Å². The molecule has 0 bridgehead atoms. The van der Waals surface area contributed by atoms with Gasteiger partial charge in [0.25, 0.3) is 0 Å². The lowest BCUT2D eigenvalue weighted by atomic mass is 10.1. The summed E-state index contributed by atoms with van der Waals surface area (Å²) < 4.78 is 4.58. The van der Waals surface area contributed by atoms with E-state index < -0.39 is 0 Å². The van der Waals surface area contributed by atoms with Gasteiger partial charge in [0, 0.05) is 12.7 Å². The van der Waals surface area contributed by atoms with E-state index in [1.807, 2.05) is 0 Å². The van der Waals surface area contributed by atoms with E-state index in [-0.39, 0.29) is 25.4 Å². The molecule has 0 aliphatic heterocycles. The lowest BCUT2D eigenvalue weighted by Crippen LogP contribution is -2.08. The van der Waals surface area contributed by atoms with Crippen LogP contribution in [0.4, 0.5) is 5.69 Å². The molecule has 0 heterocycles. The number of amides is 1. The smallest absolute Gasteiger partial charge is 0.309 e. The van der Waals surface area contributed by atoms with Gasteiger partial charge >= 0.3 is 5.97 Å². The summed E-state index contributed by atoms with van der Waals surface area (Å²) in [5.41, 5.74) is 2.21. The number of ether oxygens (including phenoxy) is 1. The van der Waals surface area contributed by atoms with Crippen molar-refractivity contribution in [2.24, 2.45) is 0 Å². The van der Waals surface area contributed by atoms with Crippen LogP contribution in [-0.4, -0.2) is 24.7 Å². The van der Waals surface area contributed by atoms with E-state index in [1.165, 1.54) is 13.2 Å². The predicted molar refractivity (Wildman–Crippen MR) is 84.6 cm³/mol. The van der Waals surface area contributed by atoms with Gasteiger partial charge in [0.05, 0.1) is 19.2 Å². The highest BCUT2D eigenvalue weighted by Gasteiger charge is 2.05. The van der Waals surface area contributed by atoms with Crippen LogP contribution in [0.25, 0.3) is 0 Å². The molecule has 5 nitrogen and oxygen atoms in total. The van der Waals surface area contributed by atoms with Gasteiger partial charge in [-0.25, -0.2) is 0 Å². The largest absolute Gasteiger partial charge is 0.469 e. The molecule has 1 aromatic rings. The maximum atomic E-state index is 11.2. The van der Waals surface area contributed by atoms with Crippen molar-refractivity contribution in [2.45, 2.75) is 13.3 Å². The number of methoxy groups -OCH3 is 1. The highest BCUT2D eigenvalue weighted by atomic mass is 16.5. The van der Waals surface area contributed by atoms with Gasteiger partial charge < -0.3 is 15.5 Å². The zero-order valence-corrected chi connectivity index (χ0v) is 12.1. The van der Waals surface area contributed by atoms with E-state index in [0.29, 0.717) is 11.3 Å². The molecule has 2 N–H and O–H groups in total. The minimum absolute atomic E-state index is 0. The fourth-order valence-corrected chi connectivity index (χ4v) is 1.64. The van der Waals surface area contributed by atoms with Gasteiger partial charge in [0.15, 0.2) is 0 Å². The fourth-order valence-electron chi connectivity index (χ4n) is 1.64. The Morgan fingerprint density at radius 1 is 1.48 bits per heavy atom. The van der Waals surface area contributed by atoms with Crippen molar-refractivity contribution in [1.82, 2.24) is 0 Å². The average molecular weight is 288 g/mol. The molecule has 5 heteroatoms. The molecular formula is C16H20N2O3. The van der Waals surface area contributed by atoms with E-state index in [1.54, 1.807) is 37.3 Å². The van der Waals surface area contributed by atoms with Gasteiger partial charge in [-0.3, -0.25) is 9.59 Å². The number of esters is 1. The van der Waals surface area contributed by atoms with Gasteiger partial charge in [-0.15, -0.1) is 0 Å². The molecule has 0 fully saturated rings. The van der Waals surface area contributed by atoms with Crippen LogP contribution in [0.2, 0.25) is 0 Å². The number of anilines is 1. The van der Waals surface area contributed by atoms with Crippen molar-refractivity contribution >= 4 is 23.3 Å². The number of allylic oxidation sites excluding steroid dienone is 1. The average Bonchev–Trinajstić information content (AvgIpc) is 2.46. The van der Waals surface area contributed by atoms with E-state index >= 15 is 0 Å². The van der Waals surface area contributed by atoms with Crippen LogP contribution in [0.1, 0.15) is 20.3 Å². The van der Waals surface area contributed by atoms with E-state index in [9.17, 15) is 9.59 Å². The molecule has 0 saturated carbocycles. The van der Waals surface area contributed by atoms with Crippen LogP contribution >= 0.6 is 0 Å². The number of carbonyl (C=O) groups excluding carboxylic acids is 2. The second kappa shape index (κ2) is 7.79. The van der Waals surface area contributed by atoms with Crippen molar-refractivity contribution in [1.29, 1.82) is 5.41 Å². The maximum absolute atomic E-state index is 11.2. The van der Waals surface area contributed by atoms with Gasteiger partial charge in [-0.2, -0.15) is 0 Å². The van der Waals surface area contributed by atoms with Gasteiger partial charge in [0.2, 0.25) is 5.91 Å². The summed E-state index contributed by atoms with van der Waals surface area (Å²) in [6.07, 6.45) is 2.93. The first-order valence-electron chi connectivity index (χ1n) is 6.32. The number of carbonyl (C=O) groups is 2. The standard InChI is InChI=1S/C16H18N2O3.H2/c1-4-15(19)18-13-7-5-6-12(10-13)14(17)8-11(2)9-16(20)21-3;/h4-8,10,17H,1,9H2,2-3H3,(H,18,19);1H/b11-8+,17-14?;. The molecule has 0 saturated heterocycles. The van der Waals surface area contributed by atoms with Crippen LogP contribution in [0.15, 0.2) is 48.6 Å². The second-order valence-corrected chi connectivity index (χ2v) is 4.43. The predicted octanol–water partition coefficient (Wildman–Crippen LogP) is 2.93. The Balaban J connectivity index is 0.00000441. The van der Waals surface area contributed by atoms with Gasteiger partial charge in [0.1, 0.15) is 0 Å². The number of hydrogen-bond acceptors (Lipinski definition) is 4. The zero-order chi connectivity index (χ0) is 15.8. The molecule has 0 aliphatic rings. The summed E-state index contributed by atoms with van der Waals surface area (Å²) in [4.78, 5) is 22.4. The number of benzene rings is 1. The van der Waals surface area contributed by atoms with E-state index in [4.69, 9.17) is 5.41 Å². The summed E-state index contributed by atoms with van der Waals surface area (Å²) in [7, 11) is 1.33. The minimum Gasteiger partial charge on any atom is -0.469 e. The Morgan fingerprint density at radius 2 is 2.19 bits per heavy atom. The highest BCUT2D eigenvalue weighted by Crippen LogP contribution is 2.13. The molecule has 0 aliphatic carbocycles. The SMILES string of the molecule is C=CC(=O)Nc1cccc(C(=N)/C=C(\C)CC(=O)OC)c1.[HH]. The molecule has 1 rings (SSSR count). The summed E-state index contributed by atoms with van der Waals surface area (Å²) in [6, 6.07) is 6.91. The van der Waals surface area contributed by atoms with E-state index in [0.717, 1.165) is 5.57 Å². The molecule has 1 aromatic carbocycles. The molecule has 0 radical (unpaired) electrons. The molecule has 21 heavy (non-hydrogen) atoms. The lowest BCUT2D eigenvalue weighted by Gasteiger charge is -2.06. The molecule has 1 amide bonds. The van der Waals surface area contributed by atoms with Crippen LogP contribution < -0.4 is 5.32 Å². The van der Waals surface area contributed by atoms with Crippen LogP contribution in [0, 0.1) is 5.41 Å². The number of nitrogens with one attached hydrogen (secondary N) is 2. The topological polar surface area (TPSA) is 79.3 Å². The van der Waals surface area contributed by atoms with Crippen molar-refractivity contribution in [3.63, 3.8) is 0 Å². The van der Waals surface area contributed by atoms with Crippen LogP contribution in [-0.2, 0) is 14.3 Å². The normalized spacial score (nSPS) is 10.7. The quantitative estimate of drug-likeness (QED) is 0.480. The van der Waals surface area contributed by atoms with Crippen molar-refractivity contribution < 1.29 is 15.8 Å². The molecule has 0 unspecified atom stereocenters. The zero-order valence-electron chi connectivity index (χ0n) is 12.1. The fraction of sp³-hybridized carbons (Fsp3) is 0.188. The molecule has 0 atom stereocenters. The Kier molecular flexibility index (Phi) is 6.07. The third-order valence-corrected chi connectivity index (χ3v) is 2.67. The molecule has 112 valence electrons. The van der Waals surface area contributed by atoms with Gasteiger partial charge in [-0.05, 0) is 31.2 Å². The van der Waals surface area contributed by atoms with Crippen molar-refractivity contribution in [2.75, 3.05) is 12.4 Å². The van der Waals surface area contributed by atoms with Crippen molar-refractivity contribution in [3.05, 3.63) is 54.1 Å². The Labute approximate surface area is 125 Å². The maximum Gasteiger partial charge on any atom is 0.309 e. The third kappa shape index (κ3) is 5.44. The number of rotatable bonds is 6. The lowest BCUT2D eigenvalue weighted by molar-refractivity contribution is -0.139. The monoisotopic (exact) mass is 288 g/mol. The summed E-state index contributed by atoms with van der Waals surface area (Å²) in [5, 5.41) is 10.7. The molecule has 0 spiro atoms. The molecule has 0 aromatic heterocycles.